The highest BCUT2D eigenvalue weighted by molar-refractivity contribution is 7.10. The van der Waals surface area contributed by atoms with E-state index in [1.54, 1.807) is 17.6 Å². The SMILES string of the molecule is CC(=O)NC(CC(=O)NCC(c1ccco1)N1CCCCC1)c1cccs1. The van der Waals surface area contributed by atoms with E-state index in [4.69, 9.17) is 4.42 Å². The molecule has 0 radical (unpaired) electrons. The van der Waals surface area contributed by atoms with Crippen molar-refractivity contribution in [3.63, 3.8) is 0 Å². The predicted octanol–water partition coefficient (Wildman–Crippen LogP) is 3.25. The van der Waals surface area contributed by atoms with Crippen LogP contribution in [0.2, 0.25) is 0 Å². The number of likely N-dealkylation sites (tertiary alicyclic amines) is 1. The second-order valence-electron chi connectivity index (χ2n) is 6.90. The lowest BCUT2D eigenvalue weighted by Crippen LogP contribution is -2.41. The van der Waals surface area contributed by atoms with E-state index in [-0.39, 0.29) is 30.3 Å². The van der Waals surface area contributed by atoms with Crippen LogP contribution in [-0.4, -0.2) is 36.3 Å². The van der Waals surface area contributed by atoms with Crippen LogP contribution in [0.5, 0.6) is 0 Å². The minimum absolute atomic E-state index is 0.0465. The maximum atomic E-state index is 12.6. The summed E-state index contributed by atoms with van der Waals surface area (Å²) < 4.78 is 5.63. The van der Waals surface area contributed by atoms with Gasteiger partial charge in [-0.1, -0.05) is 12.5 Å². The Morgan fingerprint density at radius 2 is 2.04 bits per heavy atom. The number of nitrogens with zero attached hydrogens (tertiary/aromatic N) is 1. The van der Waals surface area contributed by atoms with Crippen LogP contribution in [0.25, 0.3) is 0 Å². The number of rotatable bonds is 8. The van der Waals surface area contributed by atoms with Crippen molar-refractivity contribution in [3.05, 3.63) is 46.5 Å². The Labute approximate surface area is 163 Å². The fourth-order valence-electron chi connectivity index (χ4n) is 3.55. The summed E-state index contributed by atoms with van der Waals surface area (Å²) in [5, 5.41) is 7.87. The maximum Gasteiger partial charge on any atom is 0.222 e. The second-order valence-corrected chi connectivity index (χ2v) is 7.88. The van der Waals surface area contributed by atoms with Crippen molar-refractivity contribution in [2.75, 3.05) is 19.6 Å². The first-order chi connectivity index (χ1) is 13.1. The number of furan rings is 1. The second kappa shape index (κ2) is 9.71. The van der Waals surface area contributed by atoms with Gasteiger partial charge < -0.3 is 15.1 Å². The molecule has 3 heterocycles. The van der Waals surface area contributed by atoms with Gasteiger partial charge in [-0.25, -0.2) is 0 Å². The molecule has 2 aromatic heterocycles. The van der Waals surface area contributed by atoms with Crippen molar-refractivity contribution in [2.24, 2.45) is 0 Å². The van der Waals surface area contributed by atoms with Crippen molar-refractivity contribution < 1.29 is 14.0 Å². The molecule has 6 nitrogen and oxygen atoms in total. The van der Waals surface area contributed by atoms with E-state index in [0.717, 1.165) is 23.7 Å². The Balaban J connectivity index is 1.60. The average molecular weight is 390 g/mol. The molecule has 2 aromatic rings. The topological polar surface area (TPSA) is 74.6 Å². The molecule has 2 N–H and O–H groups in total. The molecule has 2 unspecified atom stereocenters. The molecular weight excluding hydrogens is 362 g/mol. The summed E-state index contributed by atoms with van der Waals surface area (Å²) in [7, 11) is 0. The van der Waals surface area contributed by atoms with Gasteiger partial charge in [0.05, 0.1) is 24.8 Å². The molecule has 1 fully saturated rings. The molecule has 3 rings (SSSR count). The molecule has 0 bridgehead atoms. The highest BCUT2D eigenvalue weighted by Crippen LogP contribution is 2.25. The standard InChI is InChI=1S/C20H27N3O3S/c1-15(24)22-16(19-8-6-12-27-19)13-20(25)21-14-17(18-7-5-11-26-18)23-9-3-2-4-10-23/h5-8,11-12,16-17H,2-4,9-10,13-14H2,1H3,(H,21,25)(H,22,24). The first-order valence-corrected chi connectivity index (χ1v) is 10.4. The van der Waals surface area contributed by atoms with E-state index >= 15 is 0 Å². The fourth-order valence-corrected chi connectivity index (χ4v) is 4.32. The third kappa shape index (κ3) is 5.68. The first kappa shape index (κ1) is 19.6. The van der Waals surface area contributed by atoms with E-state index in [9.17, 15) is 9.59 Å². The maximum absolute atomic E-state index is 12.6. The number of hydrogen-bond acceptors (Lipinski definition) is 5. The number of nitrogens with one attached hydrogen (secondary N) is 2. The largest absolute Gasteiger partial charge is 0.468 e. The predicted molar refractivity (Wildman–Crippen MR) is 105 cm³/mol. The molecule has 1 aliphatic rings. The lowest BCUT2D eigenvalue weighted by Gasteiger charge is -2.33. The third-order valence-electron chi connectivity index (χ3n) is 4.85. The zero-order chi connectivity index (χ0) is 19.1. The van der Waals surface area contributed by atoms with Gasteiger partial charge in [0.2, 0.25) is 11.8 Å². The van der Waals surface area contributed by atoms with Crippen molar-refractivity contribution in [1.82, 2.24) is 15.5 Å². The Bertz CT molecular complexity index is 709. The number of amides is 2. The molecule has 2 atom stereocenters. The van der Waals surface area contributed by atoms with Crippen LogP contribution >= 0.6 is 11.3 Å². The molecule has 1 saturated heterocycles. The monoisotopic (exact) mass is 389 g/mol. The fraction of sp³-hybridized carbons (Fsp3) is 0.500. The molecule has 7 heteroatoms. The lowest BCUT2D eigenvalue weighted by molar-refractivity contribution is -0.123. The first-order valence-electron chi connectivity index (χ1n) is 9.48. The molecular formula is C20H27N3O3S. The minimum atomic E-state index is -0.292. The molecule has 0 aliphatic carbocycles. The number of hydrogen-bond donors (Lipinski definition) is 2. The third-order valence-corrected chi connectivity index (χ3v) is 5.84. The van der Waals surface area contributed by atoms with Crippen LogP contribution in [0.3, 0.4) is 0 Å². The Morgan fingerprint density at radius 3 is 2.67 bits per heavy atom. The summed E-state index contributed by atoms with van der Waals surface area (Å²) in [5.41, 5.74) is 0. The van der Waals surface area contributed by atoms with E-state index < -0.39 is 0 Å². The average Bonchev–Trinajstić information content (AvgIpc) is 3.36. The Kier molecular flexibility index (Phi) is 7.06. The van der Waals surface area contributed by atoms with Crippen LogP contribution in [0, 0.1) is 0 Å². The lowest BCUT2D eigenvalue weighted by atomic mass is 10.1. The Morgan fingerprint density at radius 1 is 1.22 bits per heavy atom. The van der Waals surface area contributed by atoms with Crippen molar-refractivity contribution in [2.45, 2.75) is 44.7 Å². The van der Waals surface area contributed by atoms with Gasteiger partial charge in [-0.3, -0.25) is 14.5 Å². The normalized spacial score (nSPS) is 17.2. The summed E-state index contributed by atoms with van der Waals surface area (Å²) in [4.78, 5) is 27.4. The van der Waals surface area contributed by atoms with Gasteiger partial charge in [-0.2, -0.15) is 0 Å². The summed E-state index contributed by atoms with van der Waals surface area (Å²) in [6, 6.07) is 7.48. The van der Waals surface area contributed by atoms with Crippen LogP contribution in [-0.2, 0) is 9.59 Å². The molecule has 1 aliphatic heterocycles. The summed E-state index contributed by atoms with van der Waals surface area (Å²) in [6.45, 7) is 4.02. The number of piperidine rings is 1. The van der Waals surface area contributed by atoms with Gasteiger partial charge in [0.15, 0.2) is 0 Å². The van der Waals surface area contributed by atoms with E-state index in [1.165, 1.54) is 26.2 Å². The van der Waals surface area contributed by atoms with Gasteiger partial charge in [0.25, 0.3) is 0 Å². The highest BCUT2D eigenvalue weighted by Gasteiger charge is 2.25. The van der Waals surface area contributed by atoms with Crippen molar-refractivity contribution in [1.29, 1.82) is 0 Å². The summed E-state index contributed by atoms with van der Waals surface area (Å²) in [6.07, 6.45) is 5.51. The molecule has 0 spiro atoms. The summed E-state index contributed by atoms with van der Waals surface area (Å²) >= 11 is 1.54. The quantitative estimate of drug-likeness (QED) is 0.727. The zero-order valence-electron chi connectivity index (χ0n) is 15.6. The molecule has 27 heavy (non-hydrogen) atoms. The highest BCUT2D eigenvalue weighted by atomic mass is 32.1. The Hall–Kier alpha value is -2.12. The van der Waals surface area contributed by atoms with Crippen LogP contribution in [0.15, 0.2) is 40.3 Å². The minimum Gasteiger partial charge on any atom is -0.468 e. The number of carbonyl (C=O) groups excluding carboxylic acids is 2. The number of carbonyl (C=O) groups is 2. The smallest absolute Gasteiger partial charge is 0.222 e. The molecule has 146 valence electrons. The van der Waals surface area contributed by atoms with Gasteiger partial charge in [0.1, 0.15) is 5.76 Å². The van der Waals surface area contributed by atoms with E-state index in [1.807, 2.05) is 29.6 Å². The molecule has 0 aromatic carbocycles. The van der Waals surface area contributed by atoms with Crippen LogP contribution < -0.4 is 10.6 Å². The van der Waals surface area contributed by atoms with Crippen LogP contribution in [0.1, 0.15) is 55.3 Å². The zero-order valence-corrected chi connectivity index (χ0v) is 16.5. The van der Waals surface area contributed by atoms with E-state index in [0.29, 0.717) is 6.54 Å². The number of thiophene rings is 1. The van der Waals surface area contributed by atoms with Crippen molar-refractivity contribution >= 4 is 23.2 Å². The molecule has 2 amide bonds. The van der Waals surface area contributed by atoms with Gasteiger partial charge in [-0.15, -0.1) is 11.3 Å². The van der Waals surface area contributed by atoms with Crippen LogP contribution in [0.4, 0.5) is 0 Å². The van der Waals surface area contributed by atoms with Gasteiger partial charge in [-0.05, 0) is 49.5 Å². The summed E-state index contributed by atoms with van der Waals surface area (Å²) in [5.74, 6) is 0.674. The van der Waals surface area contributed by atoms with Crippen molar-refractivity contribution in [3.8, 4) is 0 Å². The molecule has 0 saturated carbocycles. The van der Waals surface area contributed by atoms with Gasteiger partial charge >= 0.3 is 0 Å². The van der Waals surface area contributed by atoms with E-state index in [2.05, 4.69) is 15.5 Å². The van der Waals surface area contributed by atoms with Gasteiger partial charge in [0, 0.05) is 18.3 Å².